The lowest BCUT2D eigenvalue weighted by molar-refractivity contribution is -0.118. The van der Waals surface area contributed by atoms with E-state index in [1.54, 1.807) is 17.0 Å². The van der Waals surface area contributed by atoms with Crippen molar-refractivity contribution in [2.45, 2.75) is 24.3 Å². The summed E-state index contributed by atoms with van der Waals surface area (Å²) < 4.78 is 27.2. The Hall–Kier alpha value is -1.70. The predicted octanol–water partition coefficient (Wildman–Crippen LogP) is 3.05. The summed E-state index contributed by atoms with van der Waals surface area (Å²) in [4.78, 5) is 14.6. The molecule has 0 radical (unpaired) electrons. The molecule has 3 rings (SSSR count). The average molecular weight is 423 g/mol. The molecule has 5 nitrogen and oxygen atoms in total. The number of hydrogen-bond acceptors (Lipinski definition) is 3. The predicted molar refractivity (Wildman–Crippen MR) is 101 cm³/mol. The Morgan fingerprint density at radius 3 is 2.52 bits per heavy atom. The van der Waals surface area contributed by atoms with E-state index in [1.165, 1.54) is 19.2 Å². The van der Waals surface area contributed by atoms with E-state index in [1.807, 2.05) is 31.2 Å². The number of benzene rings is 2. The van der Waals surface area contributed by atoms with Crippen LogP contribution in [-0.4, -0.2) is 38.3 Å². The molecule has 0 aromatic heterocycles. The summed E-state index contributed by atoms with van der Waals surface area (Å²) in [7, 11) is -2.28. The third-order valence-electron chi connectivity index (χ3n) is 4.36. The van der Waals surface area contributed by atoms with Gasteiger partial charge in [-0.3, -0.25) is 4.79 Å². The van der Waals surface area contributed by atoms with Gasteiger partial charge in [0, 0.05) is 23.2 Å². The maximum Gasteiger partial charge on any atom is 0.243 e. The summed E-state index contributed by atoms with van der Waals surface area (Å²) in [6.07, 6.45) is 0.783. The Bertz CT molecular complexity index is 897. The van der Waals surface area contributed by atoms with E-state index in [9.17, 15) is 13.2 Å². The number of carbonyl (C=O) groups excluding carboxylic acids is 1. The molecule has 2 aromatic rings. The van der Waals surface area contributed by atoms with Gasteiger partial charge < -0.3 is 4.90 Å². The first kappa shape index (κ1) is 18.1. The zero-order valence-electron chi connectivity index (χ0n) is 14.0. The van der Waals surface area contributed by atoms with Gasteiger partial charge in [0.15, 0.2) is 0 Å². The lowest BCUT2D eigenvalue weighted by Gasteiger charge is -2.25. The van der Waals surface area contributed by atoms with Crippen LogP contribution in [0.3, 0.4) is 0 Å². The van der Waals surface area contributed by atoms with Crippen molar-refractivity contribution in [1.82, 2.24) is 4.31 Å². The van der Waals surface area contributed by atoms with Crippen LogP contribution in [0.15, 0.2) is 57.9 Å². The van der Waals surface area contributed by atoms with Crippen LogP contribution < -0.4 is 4.90 Å². The van der Waals surface area contributed by atoms with Gasteiger partial charge in [-0.15, -0.1) is 0 Å². The number of likely N-dealkylation sites (N-methyl/N-ethyl adjacent to an activating group) is 1. The Kier molecular flexibility index (Phi) is 4.99. The Labute approximate surface area is 156 Å². The molecule has 132 valence electrons. The number of para-hydroxylation sites is 1. The Balaban J connectivity index is 1.80. The van der Waals surface area contributed by atoms with E-state index >= 15 is 0 Å². The summed E-state index contributed by atoms with van der Waals surface area (Å²) in [5.74, 6) is -0.222. The molecular formula is C18H19BrN2O3S. The van der Waals surface area contributed by atoms with Crippen molar-refractivity contribution >= 4 is 37.5 Å². The van der Waals surface area contributed by atoms with Crippen LogP contribution in [-0.2, 0) is 21.2 Å². The molecule has 1 heterocycles. The van der Waals surface area contributed by atoms with Crippen LogP contribution in [0.5, 0.6) is 0 Å². The van der Waals surface area contributed by atoms with Crippen molar-refractivity contribution in [3.63, 3.8) is 0 Å². The molecule has 0 aliphatic carbocycles. The van der Waals surface area contributed by atoms with Gasteiger partial charge in [-0.1, -0.05) is 34.1 Å². The summed E-state index contributed by atoms with van der Waals surface area (Å²) >= 11 is 3.29. The number of carbonyl (C=O) groups is 1. The van der Waals surface area contributed by atoms with Crippen LogP contribution >= 0.6 is 15.9 Å². The van der Waals surface area contributed by atoms with Gasteiger partial charge >= 0.3 is 0 Å². The van der Waals surface area contributed by atoms with Crippen LogP contribution in [0.4, 0.5) is 5.69 Å². The van der Waals surface area contributed by atoms with Gasteiger partial charge in [-0.2, -0.15) is 4.31 Å². The fourth-order valence-electron chi connectivity index (χ4n) is 3.08. The molecule has 0 saturated heterocycles. The van der Waals surface area contributed by atoms with E-state index < -0.39 is 10.0 Å². The number of sulfonamides is 1. The number of fused-ring (bicyclic) bond motifs is 1. The minimum absolute atomic E-state index is 0.0219. The zero-order chi connectivity index (χ0) is 18.2. The van der Waals surface area contributed by atoms with Crippen LogP contribution in [0.1, 0.15) is 12.5 Å². The first-order valence-corrected chi connectivity index (χ1v) is 10.2. The van der Waals surface area contributed by atoms with E-state index in [0.29, 0.717) is 0 Å². The minimum atomic E-state index is -3.71. The molecule has 2 aromatic carbocycles. The monoisotopic (exact) mass is 422 g/mol. The molecule has 0 fully saturated rings. The van der Waals surface area contributed by atoms with Gasteiger partial charge in [0.05, 0.1) is 11.4 Å². The molecule has 1 atom stereocenters. The molecule has 0 saturated carbocycles. The molecule has 0 N–H and O–H groups in total. The summed E-state index contributed by atoms with van der Waals surface area (Å²) in [6.45, 7) is 1.78. The fraction of sp³-hybridized carbons (Fsp3) is 0.278. The van der Waals surface area contributed by atoms with E-state index in [0.717, 1.165) is 26.4 Å². The lowest BCUT2D eigenvalue weighted by Crippen LogP contribution is -2.43. The van der Waals surface area contributed by atoms with Crippen LogP contribution in [0.2, 0.25) is 0 Å². The second-order valence-corrected chi connectivity index (χ2v) is 9.12. The molecule has 25 heavy (non-hydrogen) atoms. The van der Waals surface area contributed by atoms with Crippen molar-refractivity contribution in [1.29, 1.82) is 0 Å². The minimum Gasteiger partial charge on any atom is -0.308 e. The normalized spacial score (nSPS) is 17.0. The van der Waals surface area contributed by atoms with E-state index in [2.05, 4.69) is 15.9 Å². The largest absolute Gasteiger partial charge is 0.308 e. The quantitative estimate of drug-likeness (QED) is 0.760. The average Bonchev–Trinajstić information content (AvgIpc) is 2.90. The van der Waals surface area contributed by atoms with Crippen molar-refractivity contribution < 1.29 is 13.2 Å². The number of nitrogens with zero attached hydrogens (tertiary/aromatic N) is 2. The van der Waals surface area contributed by atoms with Gasteiger partial charge in [0.2, 0.25) is 15.9 Å². The second kappa shape index (κ2) is 6.90. The highest BCUT2D eigenvalue weighted by atomic mass is 79.9. The molecule has 1 aliphatic heterocycles. The molecule has 0 unspecified atom stereocenters. The maximum absolute atomic E-state index is 12.8. The van der Waals surface area contributed by atoms with Crippen molar-refractivity contribution in [3.05, 3.63) is 58.6 Å². The zero-order valence-corrected chi connectivity index (χ0v) is 16.4. The van der Waals surface area contributed by atoms with Gasteiger partial charge in [0.1, 0.15) is 0 Å². The number of halogens is 1. The topological polar surface area (TPSA) is 57.7 Å². The van der Waals surface area contributed by atoms with E-state index in [-0.39, 0.29) is 23.4 Å². The van der Waals surface area contributed by atoms with Gasteiger partial charge in [0.25, 0.3) is 0 Å². The van der Waals surface area contributed by atoms with E-state index in [4.69, 9.17) is 0 Å². The summed E-state index contributed by atoms with van der Waals surface area (Å²) in [6, 6.07) is 14.1. The molecular weight excluding hydrogens is 404 g/mol. The Morgan fingerprint density at radius 2 is 1.84 bits per heavy atom. The lowest BCUT2D eigenvalue weighted by atomic mass is 10.1. The highest BCUT2D eigenvalue weighted by molar-refractivity contribution is 9.10. The van der Waals surface area contributed by atoms with Crippen molar-refractivity contribution in [2.24, 2.45) is 0 Å². The number of hydrogen-bond donors (Lipinski definition) is 0. The highest BCUT2D eigenvalue weighted by Gasteiger charge is 2.33. The standard InChI is InChI=1S/C18H19BrN2O3S/c1-13-11-14-5-3-4-6-17(14)21(13)18(22)12-20(2)25(23,24)16-9-7-15(19)8-10-16/h3-10,13H,11-12H2,1-2H3/t13-/m1/s1. The van der Waals surface area contributed by atoms with Crippen molar-refractivity contribution in [3.8, 4) is 0 Å². The summed E-state index contributed by atoms with van der Waals surface area (Å²) in [5.41, 5.74) is 1.98. The molecule has 0 bridgehead atoms. The van der Waals surface area contributed by atoms with Crippen molar-refractivity contribution in [2.75, 3.05) is 18.5 Å². The van der Waals surface area contributed by atoms with Crippen LogP contribution in [0.25, 0.3) is 0 Å². The number of anilines is 1. The Morgan fingerprint density at radius 1 is 1.20 bits per heavy atom. The molecule has 0 spiro atoms. The third-order valence-corrected chi connectivity index (χ3v) is 6.70. The number of rotatable bonds is 4. The maximum atomic E-state index is 12.8. The third kappa shape index (κ3) is 3.49. The van der Waals surface area contributed by atoms with Gasteiger partial charge in [-0.05, 0) is 49.2 Å². The molecule has 1 aliphatic rings. The SMILES string of the molecule is C[C@@H]1Cc2ccccc2N1C(=O)CN(C)S(=O)(=O)c1ccc(Br)cc1. The van der Waals surface area contributed by atoms with Crippen LogP contribution in [0, 0.1) is 0 Å². The molecule has 1 amide bonds. The highest BCUT2D eigenvalue weighted by Crippen LogP contribution is 2.32. The first-order valence-electron chi connectivity index (χ1n) is 7.92. The first-order chi connectivity index (χ1) is 11.8. The smallest absolute Gasteiger partial charge is 0.243 e. The fourth-order valence-corrected chi connectivity index (χ4v) is 4.47. The second-order valence-electron chi connectivity index (χ2n) is 6.16. The number of amides is 1. The van der Waals surface area contributed by atoms with Gasteiger partial charge in [-0.25, -0.2) is 8.42 Å². The summed E-state index contributed by atoms with van der Waals surface area (Å²) in [5, 5.41) is 0. The molecule has 7 heteroatoms.